The van der Waals surface area contributed by atoms with Crippen LogP contribution in [0, 0.1) is 0 Å². The first kappa shape index (κ1) is 13.4. The minimum Gasteiger partial charge on any atom is -0.345 e. The number of hydrogen-bond donors (Lipinski definition) is 2. The first-order valence-electron chi connectivity index (χ1n) is 6.21. The van der Waals surface area contributed by atoms with Gasteiger partial charge in [0.25, 0.3) is 0 Å². The second-order valence-electron chi connectivity index (χ2n) is 5.62. The minimum absolute atomic E-state index is 0.114. The van der Waals surface area contributed by atoms with Crippen LogP contribution in [0.4, 0.5) is 0 Å². The smallest absolute Gasteiger partial charge is 0.240 e. The molecule has 1 aliphatic carbocycles. The molecule has 4 heteroatoms. The van der Waals surface area contributed by atoms with Crippen LogP contribution in [0.3, 0.4) is 0 Å². The number of carbonyl (C=O) groups excluding carboxylic acids is 1. The van der Waals surface area contributed by atoms with Gasteiger partial charge in [-0.2, -0.15) is 0 Å². The second-order valence-corrected chi connectivity index (χ2v) is 6.05. The first-order chi connectivity index (χ1) is 8.33. The molecule has 0 radical (unpaired) electrons. The summed E-state index contributed by atoms with van der Waals surface area (Å²) in [6.45, 7) is 3.44. The van der Waals surface area contributed by atoms with Crippen LogP contribution in [0.25, 0.3) is 0 Å². The third-order valence-corrected chi connectivity index (χ3v) is 3.79. The van der Waals surface area contributed by atoms with Crippen molar-refractivity contribution in [2.75, 3.05) is 0 Å². The molecule has 98 valence electrons. The van der Waals surface area contributed by atoms with Gasteiger partial charge in [0.05, 0.1) is 11.1 Å². The van der Waals surface area contributed by atoms with Crippen LogP contribution in [-0.2, 0) is 10.3 Å². The Labute approximate surface area is 113 Å². The molecule has 1 amide bonds. The van der Waals surface area contributed by atoms with E-state index < -0.39 is 5.54 Å². The molecule has 3 nitrogen and oxygen atoms in total. The highest BCUT2D eigenvalue weighted by Gasteiger charge is 2.41. The Hall–Kier alpha value is -1.06. The largest absolute Gasteiger partial charge is 0.345 e. The minimum atomic E-state index is -0.852. The Kier molecular flexibility index (Phi) is 3.39. The highest BCUT2D eigenvalue weighted by Crippen LogP contribution is 2.41. The molecule has 0 aromatic heterocycles. The highest BCUT2D eigenvalue weighted by atomic mass is 35.5. The maximum atomic E-state index is 12.1. The normalized spacial score (nSPS) is 18.0. The van der Waals surface area contributed by atoms with Gasteiger partial charge in [-0.15, -0.1) is 0 Å². The molecule has 3 N–H and O–H groups in total. The zero-order valence-electron chi connectivity index (χ0n) is 10.8. The number of carbonyl (C=O) groups is 1. The van der Waals surface area contributed by atoms with Crippen molar-refractivity contribution in [2.45, 2.75) is 44.2 Å². The van der Waals surface area contributed by atoms with Gasteiger partial charge in [0.2, 0.25) is 5.91 Å². The third-order valence-electron chi connectivity index (χ3n) is 3.54. The first-order valence-corrected chi connectivity index (χ1v) is 6.59. The van der Waals surface area contributed by atoms with Crippen LogP contribution in [0.1, 0.15) is 38.7 Å². The topological polar surface area (TPSA) is 55.1 Å². The van der Waals surface area contributed by atoms with Crippen LogP contribution in [0.2, 0.25) is 5.02 Å². The Bertz CT molecular complexity index is 444. The monoisotopic (exact) mass is 266 g/mol. The number of hydrogen-bond acceptors (Lipinski definition) is 2. The van der Waals surface area contributed by atoms with Crippen molar-refractivity contribution in [3.05, 3.63) is 34.9 Å². The standard InChI is InChI=1S/C14H19ClN2O/c1-13(2,16)12(18)17-14(8-3-9-14)10-4-6-11(15)7-5-10/h4-7H,3,8-9,16H2,1-2H3,(H,17,18). The summed E-state index contributed by atoms with van der Waals surface area (Å²) in [5, 5.41) is 3.81. The van der Waals surface area contributed by atoms with E-state index in [2.05, 4.69) is 5.32 Å². The lowest BCUT2D eigenvalue weighted by Crippen LogP contribution is -2.58. The molecule has 1 saturated carbocycles. The van der Waals surface area contributed by atoms with Crippen molar-refractivity contribution in [3.63, 3.8) is 0 Å². The van der Waals surface area contributed by atoms with Crippen LogP contribution < -0.4 is 11.1 Å². The van der Waals surface area contributed by atoms with Crippen molar-refractivity contribution in [1.82, 2.24) is 5.32 Å². The van der Waals surface area contributed by atoms with E-state index in [1.54, 1.807) is 13.8 Å². The third kappa shape index (κ3) is 2.52. The van der Waals surface area contributed by atoms with E-state index in [1.807, 2.05) is 24.3 Å². The highest BCUT2D eigenvalue weighted by molar-refractivity contribution is 6.30. The van der Waals surface area contributed by atoms with E-state index in [9.17, 15) is 4.79 Å². The van der Waals surface area contributed by atoms with Gasteiger partial charge in [0.1, 0.15) is 0 Å². The van der Waals surface area contributed by atoms with Gasteiger partial charge in [0.15, 0.2) is 0 Å². The van der Waals surface area contributed by atoms with Gasteiger partial charge < -0.3 is 11.1 Å². The Morgan fingerprint density at radius 2 is 1.89 bits per heavy atom. The number of nitrogens with one attached hydrogen (secondary N) is 1. The molecule has 1 aliphatic rings. The lowest BCUT2D eigenvalue weighted by atomic mass is 9.71. The van der Waals surface area contributed by atoms with Gasteiger partial charge in [-0.3, -0.25) is 4.79 Å². The number of rotatable bonds is 3. The number of benzene rings is 1. The molecule has 0 aliphatic heterocycles. The number of nitrogens with two attached hydrogens (primary N) is 1. The fourth-order valence-corrected chi connectivity index (χ4v) is 2.29. The van der Waals surface area contributed by atoms with Crippen molar-refractivity contribution in [2.24, 2.45) is 5.73 Å². The molecule has 0 atom stereocenters. The maximum Gasteiger partial charge on any atom is 0.240 e. The van der Waals surface area contributed by atoms with Crippen LogP contribution in [-0.4, -0.2) is 11.4 Å². The summed E-state index contributed by atoms with van der Waals surface area (Å²) in [5.41, 5.74) is 5.84. The van der Waals surface area contributed by atoms with Gasteiger partial charge in [-0.05, 0) is 50.8 Å². The summed E-state index contributed by atoms with van der Waals surface area (Å²) in [5.74, 6) is -0.114. The Balaban J connectivity index is 2.21. The van der Waals surface area contributed by atoms with Gasteiger partial charge in [-0.1, -0.05) is 23.7 Å². The van der Waals surface area contributed by atoms with Crippen molar-refractivity contribution in [1.29, 1.82) is 0 Å². The van der Waals surface area contributed by atoms with Crippen molar-refractivity contribution >= 4 is 17.5 Å². The molecule has 0 unspecified atom stereocenters. The maximum absolute atomic E-state index is 12.1. The molecule has 2 rings (SSSR count). The summed E-state index contributed by atoms with van der Waals surface area (Å²) in [7, 11) is 0. The summed E-state index contributed by atoms with van der Waals surface area (Å²) in [6.07, 6.45) is 3.03. The van der Waals surface area contributed by atoms with Crippen molar-refractivity contribution in [3.8, 4) is 0 Å². The predicted molar refractivity (Wildman–Crippen MR) is 73.4 cm³/mol. The number of amides is 1. The molecule has 1 aromatic rings. The summed E-state index contributed by atoms with van der Waals surface area (Å²) >= 11 is 5.89. The summed E-state index contributed by atoms with van der Waals surface area (Å²) in [4.78, 5) is 12.1. The van der Waals surface area contributed by atoms with Gasteiger partial charge in [-0.25, -0.2) is 0 Å². The summed E-state index contributed by atoms with van der Waals surface area (Å²) in [6, 6.07) is 7.67. The van der Waals surface area contributed by atoms with E-state index in [-0.39, 0.29) is 11.4 Å². The molecule has 0 bridgehead atoms. The molecular weight excluding hydrogens is 248 g/mol. The lowest BCUT2D eigenvalue weighted by molar-refractivity contribution is -0.128. The van der Waals surface area contributed by atoms with Crippen LogP contribution in [0.15, 0.2) is 24.3 Å². The molecule has 0 heterocycles. The van der Waals surface area contributed by atoms with E-state index in [4.69, 9.17) is 17.3 Å². The summed E-state index contributed by atoms with van der Waals surface area (Å²) < 4.78 is 0. The second kappa shape index (κ2) is 4.56. The molecular formula is C14H19ClN2O. The Morgan fingerprint density at radius 3 is 2.28 bits per heavy atom. The molecule has 1 aromatic carbocycles. The average Bonchev–Trinajstić information content (AvgIpc) is 2.23. The Morgan fingerprint density at radius 1 is 1.33 bits per heavy atom. The molecule has 0 spiro atoms. The van der Waals surface area contributed by atoms with E-state index in [0.29, 0.717) is 5.02 Å². The average molecular weight is 267 g/mol. The van der Waals surface area contributed by atoms with E-state index >= 15 is 0 Å². The van der Waals surface area contributed by atoms with Crippen molar-refractivity contribution < 1.29 is 4.79 Å². The predicted octanol–water partition coefficient (Wildman–Crippen LogP) is 2.57. The SMILES string of the molecule is CC(C)(N)C(=O)NC1(c2ccc(Cl)cc2)CCC1. The fourth-order valence-electron chi connectivity index (χ4n) is 2.16. The zero-order valence-corrected chi connectivity index (χ0v) is 11.6. The molecule has 1 fully saturated rings. The van der Waals surface area contributed by atoms with E-state index in [1.165, 1.54) is 0 Å². The van der Waals surface area contributed by atoms with E-state index in [0.717, 1.165) is 24.8 Å². The van der Waals surface area contributed by atoms with Gasteiger partial charge in [0, 0.05) is 5.02 Å². The van der Waals surface area contributed by atoms with Gasteiger partial charge >= 0.3 is 0 Å². The fraction of sp³-hybridized carbons (Fsp3) is 0.500. The lowest BCUT2D eigenvalue weighted by Gasteiger charge is -2.44. The number of halogens is 1. The molecule has 0 saturated heterocycles. The molecule has 18 heavy (non-hydrogen) atoms. The zero-order chi connectivity index (χ0) is 13.4. The van der Waals surface area contributed by atoms with Crippen LogP contribution in [0.5, 0.6) is 0 Å². The van der Waals surface area contributed by atoms with Crippen LogP contribution >= 0.6 is 11.6 Å². The quantitative estimate of drug-likeness (QED) is 0.884.